The molecular formula is C9H13NO2. The van der Waals surface area contributed by atoms with Crippen molar-refractivity contribution in [2.24, 2.45) is 5.92 Å². The molecule has 0 aromatic carbocycles. The van der Waals surface area contributed by atoms with Crippen LogP contribution in [0.15, 0.2) is 0 Å². The lowest BCUT2D eigenvalue weighted by Gasteiger charge is -2.35. The van der Waals surface area contributed by atoms with Gasteiger partial charge in [0.2, 0.25) is 5.91 Å². The molecular weight excluding hydrogens is 154 g/mol. The third-order valence-corrected chi connectivity index (χ3v) is 2.88. The number of ketones is 1. The van der Waals surface area contributed by atoms with E-state index in [1.807, 2.05) is 0 Å². The van der Waals surface area contributed by atoms with Gasteiger partial charge < -0.3 is 5.32 Å². The highest BCUT2D eigenvalue weighted by atomic mass is 16.1. The van der Waals surface area contributed by atoms with Crippen LogP contribution in [-0.4, -0.2) is 17.7 Å². The number of amides is 1. The maximum absolute atomic E-state index is 11.1. The number of carbonyl (C=O) groups is 2. The molecule has 12 heavy (non-hydrogen) atoms. The first-order valence-electron chi connectivity index (χ1n) is 4.57. The first kappa shape index (κ1) is 7.77. The van der Waals surface area contributed by atoms with Crippen molar-refractivity contribution >= 4 is 11.7 Å². The van der Waals surface area contributed by atoms with Gasteiger partial charge in [0, 0.05) is 25.3 Å². The van der Waals surface area contributed by atoms with Gasteiger partial charge in [-0.2, -0.15) is 0 Å². The van der Waals surface area contributed by atoms with Gasteiger partial charge in [0.15, 0.2) is 0 Å². The number of hydrogen-bond donors (Lipinski definition) is 1. The summed E-state index contributed by atoms with van der Waals surface area (Å²) in [6.45, 7) is 0. The van der Waals surface area contributed by atoms with Crippen LogP contribution in [0.2, 0.25) is 0 Å². The zero-order valence-corrected chi connectivity index (χ0v) is 7.01. The van der Waals surface area contributed by atoms with E-state index in [2.05, 4.69) is 5.32 Å². The molecule has 1 saturated heterocycles. The number of nitrogens with one attached hydrogen (secondary N) is 1. The number of rotatable bonds is 0. The Balaban J connectivity index is 2.02. The fourth-order valence-corrected chi connectivity index (χ4v) is 2.18. The van der Waals surface area contributed by atoms with Crippen LogP contribution in [0.4, 0.5) is 0 Å². The Morgan fingerprint density at radius 2 is 2.00 bits per heavy atom. The van der Waals surface area contributed by atoms with Gasteiger partial charge in [-0.3, -0.25) is 9.59 Å². The minimum absolute atomic E-state index is 0.158. The van der Waals surface area contributed by atoms with Crippen LogP contribution >= 0.6 is 0 Å². The van der Waals surface area contributed by atoms with E-state index in [4.69, 9.17) is 0 Å². The molecule has 0 radical (unpaired) electrons. The van der Waals surface area contributed by atoms with Crippen molar-refractivity contribution in [2.45, 2.75) is 38.1 Å². The van der Waals surface area contributed by atoms with Crippen LogP contribution in [-0.2, 0) is 9.59 Å². The summed E-state index contributed by atoms with van der Waals surface area (Å²) in [7, 11) is 0. The van der Waals surface area contributed by atoms with E-state index >= 15 is 0 Å². The Morgan fingerprint density at radius 1 is 1.17 bits per heavy atom. The number of fused-ring (bicyclic) bond motifs is 1. The third kappa shape index (κ3) is 1.36. The molecule has 1 saturated carbocycles. The van der Waals surface area contributed by atoms with Gasteiger partial charge in [0.1, 0.15) is 5.78 Å². The molecule has 3 nitrogen and oxygen atoms in total. The quantitative estimate of drug-likeness (QED) is 0.575. The van der Waals surface area contributed by atoms with Crippen LogP contribution < -0.4 is 5.32 Å². The molecule has 2 atom stereocenters. The Bertz CT molecular complexity index is 201. The van der Waals surface area contributed by atoms with Crippen LogP contribution in [0, 0.1) is 5.92 Å². The van der Waals surface area contributed by atoms with Crippen molar-refractivity contribution in [1.82, 2.24) is 5.32 Å². The molecule has 2 rings (SSSR count). The Morgan fingerprint density at radius 3 is 2.83 bits per heavy atom. The number of carbonyl (C=O) groups excluding carboxylic acids is 2. The highest BCUT2D eigenvalue weighted by molar-refractivity contribution is 5.82. The van der Waals surface area contributed by atoms with Crippen LogP contribution in [0.25, 0.3) is 0 Å². The maximum atomic E-state index is 11.1. The zero-order valence-electron chi connectivity index (χ0n) is 7.01. The fourth-order valence-electron chi connectivity index (χ4n) is 2.18. The molecule has 0 unspecified atom stereocenters. The van der Waals surface area contributed by atoms with Crippen LogP contribution in [0.1, 0.15) is 32.1 Å². The molecule has 0 spiro atoms. The molecule has 2 aliphatic rings. The number of Topliss-reactive ketones (excluding diaryl/α,β-unsaturated/α-hetero) is 1. The van der Waals surface area contributed by atoms with Gasteiger partial charge in [0.25, 0.3) is 0 Å². The molecule has 0 bridgehead atoms. The zero-order chi connectivity index (χ0) is 8.55. The van der Waals surface area contributed by atoms with Gasteiger partial charge in [-0.15, -0.1) is 0 Å². The van der Waals surface area contributed by atoms with Crippen molar-refractivity contribution in [1.29, 1.82) is 0 Å². The Hall–Kier alpha value is -0.860. The van der Waals surface area contributed by atoms with Gasteiger partial charge in [-0.1, -0.05) is 0 Å². The molecule has 1 amide bonds. The molecule has 0 aromatic rings. The average molecular weight is 167 g/mol. The maximum Gasteiger partial charge on any atom is 0.220 e. The highest BCUT2D eigenvalue weighted by Crippen LogP contribution is 2.28. The summed E-state index contributed by atoms with van der Waals surface area (Å²) in [5.74, 6) is 0.960. The SMILES string of the molecule is O=C1CC[C@H]2NC(=O)CC[C@H]2C1. The van der Waals surface area contributed by atoms with Crippen LogP contribution in [0.5, 0.6) is 0 Å². The van der Waals surface area contributed by atoms with Crippen LogP contribution in [0.3, 0.4) is 0 Å². The van der Waals surface area contributed by atoms with Crippen molar-refractivity contribution in [3.8, 4) is 0 Å². The summed E-state index contributed by atoms with van der Waals surface area (Å²) in [4.78, 5) is 22.1. The largest absolute Gasteiger partial charge is 0.353 e. The van der Waals surface area contributed by atoms with Crippen molar-refractivity contribution in [3.05, 3.63) is 0 Å². The van der Waals surface area contributed by atoms with E-state index in [1.165, 1.54) is 0 Å². The number of piperidine rings is 1. The molecule has 1 N–H and O–H groups in total. The van der Waals surface area contributed by atoms with Gasteiger partial charge >= 0.3 is 0 Å². The Labute approximate surface area is 71.5 Å². The second kappa shape index (κ2) is 2.88. The smallest absolute Gasteiger partial charge is 0.220 e. The lowest BCUT2D eigenvalue weighted by molar-refractivity contribution is -0.129. The topological polar surface area (TPSA) is 46.2 Å². The normalized spacial score (nSPS) is 35.7. The predicted octanol–water partition coefficient (Wildman–Crippen LogP) is 0.634. The van der Waals surface area contributed by atoms with Gasteiger partial charge in [0.05, 0.1) is 0 Å². The van der Waals surface area contributed by atoms with Gasteiger partial charge in [-0.05, 0) is 18.8 Å². The first-order chi connectivity index (χ1) is 5.75. The molecule has 0 aromatic heterocycles. The standard InChI is InChI=1S/C9H13NO2/c11-7-2-3-8-6(5-7)1-4-9(12)10-8/h6,8H,1-5H2,(H,10,12)/t6-,8+/m0/s1. The summed E-state index contributed by atoms with van der Waals surface area (Å²) in [6.07, 6.45) is 3.71. The minimum atomic E-state index is 0.158. The highest BCUT2D eigenvalue weighted by Gasteiger charge is 2.33. The molecule has 1 heterocycles. The van der Waals surface area contributed by atoms with Crippen molar-refractivity contribution < 1.29 is 9.59 Å². The van der Waals surface area contributed by atoms with Crippen molar-refractivity contribution in [2.75, 3.05) is 0 Å². The monoisotopic (exact) mass is 167 g/mol. The second-order valence-corrected chi connectivity index (χ2v) is 3.75. The summed E-state index contributed by atoms with van der Waals surface area (Å²) in [6, 6.07) is 0.295. The first-order valence-corrected chi connectivity index (χ1v) is 4.57. The van der Waals surface area contributed by atoms with Crippen molar-refractivity contribution in [3.63, 3.8) is 0 Å². The summed E-state index contributed by atoms with van der Waals surface area (Å²) in [5, 5.41) is 2.95. The molecule has 1 aliphatic heterocycles. The molecule has 2 fully saturated rings. The molecule has 66 valence electrons. The van der Waals surface area contributed by atoms with E-state index in [0.717, 1.165) is 12.8 Å². The number of hydrogen-bond acceptors (Lipinski definition) is 2. The van der Waals surface area contributed by atoms with E-state index in [0.29, 0.717) is 37.0 Å². The molecule has 3 heteroatoms. The fraction of sp³-hybridized carbons (Fsp3) is 0.778. The van der Waals surface area contributed by atoms with Gasteiger partial charge in [-0.25, -0.2) is 0 Å². The average Bonchev–Trinajstić information content (AvgIpc) is 2.05. The summed E-state index contributed by atoms with van der Waals surface area (Å²) < 4.78 is 0. The third-order valence-electron chi connectivity index (χ3n) is 2.88. The summed E-state index contributed by atoms with van der Waals surface area (Å²) in [5.41, 5.74) is 0. The lowest BCUT2D eigenvalue weighted by atomic mass is 9.79. The van der Waals surface area contributed by atoms with E-state index < -0.39 is 0 Å². The van der Waals surface area contributed by atoms with E-state index in [9.17, 15) is 9.59 Å². The Kier molecular flexibility index (Phi) is 1.87. The minimum Gasteiger partial charge on any atom is -0.353 e. The summed E-state index contributed by atoms with van der Waals surface area (Å²) >= 11 is 0. The lowest BCUT2D eigenvalue weighted by Crippen LogP contribution is -2.47. The second-order valence-electron chi connectivity index (χ2n) is 3.75. The molecule has 1 aliphatic carbocycles. The van der Waals surface area contributed by atoms with E-state index in [-0.39, 0.29) is 5.91 Å². The van der Waals surface area contributed by atoms with E-state index in [1.54, 1.807) is 0 Å². The predicted molar refractivity (Wildman–Crippen MR) is 43.5 cm³/mol.